The molecule has 2 nitrogen and oxygen atoms in total. The van der Waals surface area contributed by atoms with Gasteiger partial charge in [-0.05, 0) is 23.3 Å². The van der Waals surface area contributed by atoms with Crippen molar-refractivity contribution in [3.63, 3.8) is 0 Å². The van der Waals surface area contributed by atoms with Gasteiger partial charge in [-0.3, -0.25) is 0 Å². The van der Waals surface area contributed by atoms with Crippen LogP contribution in [-0.2, 0) is 0 Å². The molecule has 0 heterocycles. The van der Waals surface area contributed by atoms with E-state index in [1.54, 1.807) is 12.1 Å². The van der Waals surface area contributed by atoms with Gasteiger partial charge in [0.25, 0.3) is 0 Å². The Morgan fingerprint density at radius 1 is 1.36 bits per heavy atom. The summed E-state index contributed by atoms with van der Waals surface area (Å²) in [5, 5.41) is 8.73. The summed E-state index contributed by atoms with van der Waals surface area (Å²) in [7, 11) is 0. The Morgan fingerprint density at radius 2 is 1.91 bits per heavy atom. The number of nitrogen functional groups attached to an aromatic ring is 1. The largest absolute Gasteiger partial charge is 0.399 e. The van der Waals surface area contributed by atoms with Crippen LogP contribution in [0.1, 0.15) is 5.56 Å². The average Bonchev–Trinajstić information content (AvgIpc) is 2.05. The van der Waals surface area contributed by atoms with Crippen LogP contribution < -0.4 is 5.73 Å². The molecular formula is C9H11NO. The number of benzene rings is 1. The first kappa shape index (κ1) is 7.82. The highest BCUT2D eigenvalue weighted by atomic mass is 16.3. The van der Waals surface area contributed by atoms with Crippen LogP contribution in [0.4, 0.5) is 5.69 Å². The molecule has 0 atom stereocenters. The van der Waals surface area contributed by atoms with Gasteiger partial charge in [-0.15, -0.1) is 0 Å². The Balaban J connectivity index is 2.90. The number of hydrogen-bond donors (Lipinski definition) is 2. The van der Waals surface area contributed by atoms with Gasteiger partial charge in [0.1, 0.15) is 0 Å². The van der Waals surface area contributed by atoms with E-state index in [0.717, 1.165) is 11.3 Å². The first-order valence-corrected chi connectivity index (χ1v) is 3.38. The minimum Gasteiger partial charge on any atom is -0.399 e. The van der Waals surface area contributed by atoms with Crippen LogP contribution in [0.15, 0.2) is 30.8 Å². The van der Waals surface area contributed by atoms with Crippen molar-refractivity contribution < 1.29 is 5.11 Å². The van der Waals surface area contributed by atoms with Gasteiger partial charge < -0.3 is 10.8 Å². The second kappa shape index (κ2) is 3.21. The second-order valence-electron chi connectivity index (χ2n) is 2.38. The molecule has 1 aromatic rings. The van der Waals surface area contributed by atoms with Crippen molar-refractivity contribution >= 4 is 11.3 Å². The van der Waals surface area contributed by atoms with E-state index >= 15 is 0 Å². The highest BCUT2D eigenvalue weighted by Gasteiger charge is 1.94. The van der Waals surface area contributed by atoms with Gasteiger partial charge in [0, 0.05) is 5.69 Å². The number of nitrogens with two attached hydrogens (primary N) is 1. The molecule has 1 aromatic carbocycles. The number of aliphatic hydroxyl groups is 1. The quantitative estimate of drug-likeness (QED) is 0.622. The Bertz CT molecular complexity index is 251. The maximum Gasteiger partial charge on any atom is 0.0681 e. The fourth-order valence-corrected chi connectivity index (χ4v) is 0.810. The van der Waals surface area contributed by atoms with E-state index < -0.39 is 0 Å². The van der Waals surface area contributed by atoms with Gasteiger partial charge in [0.15, 0.2) is 0 Å². The molecule has 0 radical (unpaired) electrons. The second-order valence-corrected chi connectivity index (χ2v) is 2.38. The third kappa shape index (κ3) is 1.82. The van der Waals surface area contributed by atoms with Crippen molar-refractivity contribution in [3.8, 4) is 0 Å². The van der Waals surface area contributed by atoms with E-state index in [0.29, 0.717) is 5.57 Å². The molecule has 2 heteroatoms. The molecule has 0 spiro atoms. The molecule has 0 saturated heterocycles. The molecule has 0 saturated carbocycles. The summed E-state index contributed by atoms with van der Waals surface area (Å²) in [6, 6.07) is 7.26. The fraction of sp³-hybridized carbons (Fsp3) is 0.111. The van der Waals surface area contributed by atoms with Gasteiger partial charge in [-0.2, -0.15) is 0 Å². The van der Waals surface area contributed by atoms with E-state index in [4.69, 9.17) is 10.8 Å². The van der Waals surface area contributed by atoms with Gasteiger partial charge >= 0.3 is 0 Å². The maximum absolute atomic E-state index is 8.73. The summed E-state index contributed by atoms with van der Waals surface area (Å²) in [6.07, 6.45) is 0. The summed E-state index contributed by atoms with van der Waals surface area (Å²) < 4.78 is 0. The topological polar surface area (TPSA) is 46.2 Å². The van der Waals surface area contributed by atoms with E-state index in [-0.39, 0.29) is 6.61 Å². The van der Waals surface area contributed by atoms with Gasteiger partial charge in [0.05, 0.1) is 6.61 Å². The monoisotopic (exact) mass is 149 g/mol. The minimum absolute atomic E-state index is 0.0100. The Kier molecular flexibility index (Phi) is 2.28. The smallest absolute Gasteiger partial charge is 0.0681 e. The summed E-state index contributed by atoms with van der Waals surface area (Å²) in [6.45, 7) is 3.67. The first-order chi connectivity index (χ1) is 5.24. The molecule has 0 aliphatic rings. The zero-order valence-electron chi connectivity index (χ0n) is 6.25. The average molecular weight is 149 g/mol. The van der Waals surface area contributed by atoms with Crippen molar-refractivity contribution in [2.75, 3.05) is 12.3 Å². The van der Waals surface area contributed by atoms with Crippen LogP contribution in [0.5, 0.6) is 0 Å². The number of hydrogen-bond acceptors (Lipinski definition) is 2. The lowest BCUT2D eigenvalue weighted by Crippen LogP contribution is -1.89. The van der Waals surface area contributed by atoms with E-state index in [9.17, 15) is 0 Å². The molecule has 1 rings (SSSR count). The van der Waals surface area contributed by atoms with E-state index in [2.05, 4.69) is 6.58 Å². The van der Waals surface area contributed by atoms with Crippen LogP contribution in [0, 0.1) is 0 Å². The summed E-state index contributed by atoms with van der Waals surface area (Å²) >= 11 is 0. The van der Waals surface area contributed by atoms with Crippen LogP contribution in [0.3, 0.4) is 0 Å². The Labute approximate surface area is 66.0 Å². The number of anilines is 1. The summed E-state index contributed by atoms with van der Waals surface area (Å²) in [5.41, 5.74) is 7.84. The zero-order valence-corrected chi connectivity index (χ0v) is 6.25. The van der Waals surface area contributed by atoms with Gasteiger partial charge in [-0.25, -0.2) is 0 Å². The Hall–Kier alpha value is -1.28. The number of rotatable bonds is 2. The minimum atomic E-state index is -0.0100. The SMILES string of the molecule is C=C(CO)c1ccc(N)cc1. The Morgan fingerprint density at radius 3 is 2.36 bits per heavy atom. The molecule has 0 fully saturated rings. The van der Waals surface area contributed by atoms with Crippen LogP contribution in [0.25, 0.3) is 5.57 Å². The molecule has 0 aliphatic carbocycles. The van der Waals surface area contributed by atoms with Crippen molar-refractivity contribution in [1.82, 2.24) is 0 Å². The van der Waals surface area contributed by atoms with Crippen molar-refractivity contribution in [2.45, 2.75) is 0 Å². The predicted molar refractivity (Wildman–Crippen MR) is 47.0 cm³/mol. The maximum atomic E-state index is 8.73. The zero-order chi connectivity index (χ0) is 8.27. The fourth-order valence-electron chi connectivity index (χ4n) is 0.810. The highest BCUT2D eigenvalue weighted by molar-refractivity contribution is 5.65. The molecule has 11 heavy (non-hydrogen) atoms. The van der Waals surface area contributed by atoms with Crippen molar-refractivity contribution in [1.29, 1.82) is 0 Å². The summed E-state index contributed by atoms with van der Waals surface area (Å²) in [4.78, 5) is 0. The molecule has 0 unspecified atom stereocenters. The van der Waals surface area contributed by atoms with Crippen molar-refractivity contribution in [3.05, 3.63) is 36.4 Å². The summed E-state index contributed by atoms with van der Waals surface area (Å²) in [5.74, 6) is 0. The standard InChI is InChI=1S/C9H11NO/c1-7(6-11)8-2-4-9(10)5-3-8/h2-5,11H,1,6,10H2. The molecule has 58 valence electrons. The molecule has 3 N–H and O–H groups in total. The van der Waals surface area contributed by atoms with Gasteiger partial charge in [-0.1, -0.05) is 18.7 Å². The lowest BCUT2D eigenvalue weighted by molar-refractivity contribution is 0.350. The van der Waals surface area contributed by atoms with E-state index in [1.807, 2.05) is 12.1 Å². The first-order valence-electron chi connectivity index (χ1n) is 3.38. The normalized spacial score (nSPS) is 9.55. The molecule has 0 aliphatic heterocycles. The lowest BCUT2D eigenvalue weighted by atomic mass is 10.1. The van der Waals surface area contributed by atoms with Crippen LogP contribution >= 0.6 is 0 Å². The van der Waals surface area contributed by atoms with Crippen LogP contribution in [-0.4, -0.2) is 11.7 Å². The van der Waals surface area contributed by atoms with E-state index in [1.165, 1.54) is 0 Å². The lowest BCUT2D eigenvalue weighted by Gasteiger charge is -2.01. The van der Waals surface area contributed by atoms with Gasteiger partial charge in [0.2, 0.25) is 0 Å². The highest BCUT2D eigenvalue weighted by Crippen LogP contribution is 2.12. The molecule has 0 bridgehead atoms. The predicted octanol–water partition coefficient (Wildman–Crippen LogP) is 1.27. The molecule has 0 amide bonds. The molecule has 0 aromatic heterocycles. The number of aliphatic hydroxyl groups excluding tert-OH is 1. The van der Waals surface area contributed by atoms with Crippen LogP contribution in [0.2, 0.25) is 0 Å². The third-order valence-electron chi connectivity index (χ3n) is 1.51. The third-order valence-corrected chi connectivity index (χ3v) is 1.51. The molecular weight excluding hydrogens is 138 g/mol. The van der Waals surface area contributed by atoms with Crippen molar-refractivity contribution in [2.24, 2.45) is 0 Å².